The van der Waals surface area contributed by atoms with E-state index in [0.29, 0.717) is 22.4 Å². The number of piperidine rings is 1. The van der Waals surface area contributed by atoms with Gasteiger partial charge in [-0.05, 0) is 49.4 Å². The summed E-state index contributed by atoms with van der Waals surface area (Å²) in [6.45, 7) is 7.28. The normalized spacial score (nSPS) is 19.4. The van der Waals surface area contributed by atoms with E-state index in [4.69, 9.17) is 9.47 Å². The van der Waals surface area contributed by atoms with Gasteiger partial charge in [0.25, 0.3) is 5.91 Å². The van der Waals surface area contributed by atoms with Gasteiger partial charge < -0.3 is 14.4 Å². The molecule has 7 heteroatoms. The minimum absolute atomic E-state index is 0.135. The molecule has 0 aliphatic carbocycles. The second-order valence-corrected chi connectivity index (χ2v) is 8.48. The number of benzene rings is 1. The third-order valence-corrected chi connectivity index (χ3v) is 6.05. The molecule has 1 saturated heterocycles. The van der Waals surface area contributed by atoms with Gasteiger partial charge in [0.15, 0.2) is 6.61 Å². The lowest BCUT2D eigenvalue weighted by atomic mass is 9.92. The molecule has 2 aromatic rings. The molecule has 0 saturated carbocycles. The smallest absolute Gasteiger partial charge is 0.350 e. The van der Waals surface area contributed by atoms with Gasteiger partial charge in [0.05, 0.1) is 12.8 Å². The summed E-state index contributed by atoms with van der Waals surface area (Å²) in [7, 11) is 1.61. The highest BCUT2D eigenvalue weighted by atomic mass is 32.1. The van der Waals surface area contributed by atoms with Crippen LogP contribution in [0.25, 0.3) is 10.6 Å². The lowest BCUT2D eigenvalue weighted by molar-refractivity contribution is -0.137. The average Bonchev–Trinajstić information content (AvgIpc) is 3.07. The van der Waals surface area contributed by atoms with Crippen molar-refractivity contribution in [2.75, 3.05) is 26.8 Å². The molecule has 28 heavy (non-hydrogen) atoms. The molecule has 1 aromatic carbocycles. The zero-order valence-corrected chi connectivity index (χ0v) is 17.5. The number of ether oxygens (including phenoxy) is 2. The minimum atomic E-state index is -0.499. The van der Waals surface area contributed by atoms with E-state index in [1.54, 1.807) is 18.9 Å². The van der Waals surface area contributed by atoms with Crippen LogP contribution in [0.1, 0.15) is 35.6 Å². The Balaban J connectivity index is 1.63. The number of carbonyl (C=O) groups is 2. The molecule has 1 aliphatic rings. The molecule has 1 aromatic heterocycles. The number of thiazole rings is 1. The summed E-state index contributed by atoms with van der Waals surface area (Å²) < 4.78 is 10.5. The van der Waals surface area contributed by atoms with Crippen molar-refractivity contribution in [3.05, 3.63) is 34.8 Å². The number of hydrogen-bond donors (Lipinski definition) is 0. The van der Waals surface area contributed by atoms with Crippen LogP contribution in [-0.2, 0) is 9.53 Å². The van der Waals surface area contributed by atoms with E-state index in [1.165, 1.54) is 11.3 Å². The van der Waals surface area contributed by atoms with E-state index in [9.17, 15) is 9.59 Å². The second-order valence-electron chi connectivity index (χ2n) is 7.48. The number of esters is 1. The highest BCUT2D eigenvalue weighted by molar-refractivity contribution is 7.17. The maximum atomic E-state index is 12.5. The Bertz CT molecular complexity index is 837. The van der Waals surface area contributed by atoms with Gasteiger partial charge in [0.2, 0.25) is 0 Å². The van der Waals surface area contributed by atoms with Crippen LogP contribution in [0.4, 0.5) is 0 Å². The lowest BCUT2D eigenvalue weighted by Gasteiger charge is -2.34. The fraction of sp³-hybridized carbons (Fsp3) is 0.476. The molecule has 2 heterocycles. The van der Waals surface area contributed by atoms with E-state index in [-0.39, 0.29) is 12.5 Å². The molecule has 3 rings (SSSR count). The Morgan fingerprint density at radius 3 is 2.43 bits per heavy atom. The molecule has 0 spiro atoms. The van der Waals surface area contributed by atoms with E-state index in [1.807, 2.05) is 24.3 Å². The van der Waals surface area contributed by atoms with Gasteiger partial charge in [0, 0.05) is 18.7 Å². The van der Waals surface area contributed by atoms with Crippen LogP contribution in [0.5, 0.6) is 5.75 Å². The van der Waals surface area contributed by atoms with Crippen molar-refractivity contribution >= 4 is 23.2 Å². The van der Waals surface area contributed by atoms with Crippen molar-refractivity contribution in [1.82, 2.24) is 9.88 Å². The lowest BCUT2D eigenvalue weighted by Crippen LogP contribution is -2.44. The first kappa shape index (κ1) is 20.3. The van der Waals surface area contributed by atoms with Crippen molar-refractivity contribution in [2.24, 2.45) is 11.8 Å². The summed E-state index contributed by atoms with van der Waals surface area (Å²) in [6, 6.07) is 7.50. The van der Waals surface area contributed by atoms with Crippen LogP contribution in [0.2, 0.25) is 0 Å². The Morgan fingerprint density at radius 2 is 1.82 bits per heavy atom. The number of aromatic nitrogens is 1. The number of hydrogen-bond acceptors (Lipinski definition) is 6. The predicted octanol–water partition coefficient (Wildman–Crippen LogP) is 3.79. The summed E-state index contributed by atoms with van der Waals surface area (Å²) in [5.74, 6) is 1.07. The van der Waals surface area contributed by atoms with Gasteiger partial charge in [-0.2, -0.15) is 0 Å². The molecule has 0 radical (unpaired) electrons. The highest BCUT2D eigenvalue weighted by Crippen LogP contribution is 2.29. The predicted molar refractivity (Wildman–Crippen MR) is 109 cm³/mol. The first-order valence-corrected chi connectivity index (χ1v) is 10.3. The fourth-order valence-electron chi connectivity index (χ4n) is 3.59. The molecule has 0 bridgehead atoms. The first-order chi connectivity index (χ1) is 13.4. The van der Waals surface area contributed by atoms with E-state index in [0.717, 1.165) is 35.8 Å². The molecule has 2 atom stereocenters. The summed E-state index contributed by atoms with van der Waals surface area (Å²) in [4.78, 5) is 31.6. The van der Waals surface area contributed by atoms with Crippen LogP contribution in [0.3, 0.4) is 0 Å². The Hall–Kier alpha value is -2.41. The number of nitrogens with zero attached hydrogens (tertiary/aromatic N) is 2. The van der Waals surface area contributed by atoms with Crippen molar-refractivity contribution in [1.29, 1.82) is 0 Å². The number of carbonyl (C=O) groups excluding carboxylic acids is 2. The number of methoxy groups -OCH3 is 1. The van der Waals surface area contributed by atoms with Gasteiger partial charge in [-0.3, -0.25) is 4.79 Å². The summed E-state index contributed by atoms with van der Waals surface area (Å²) >= 11 is 1.27. The fourth-order valence-corrected chi connectivity index (χ4v) is 4.56. The molecule has 0 unspecified atom stereocenters. The number of likely N-dealkylation sites (tertiary alicyclic amines) is 1. The van der Waals surface area contributed by atoms with Gasteiger partial charge in [0.1, 0.15) is 15.6 Å². The largest absolute Gasteiger partial charge is 0.497 e. The number of rotatable bonds is 5. The zero-order valence-electron chi connectivity index (χ0n) is 16.7. The van der Waals surface area contributed by atoms with Crippen LogP contribution in [0, 0.1) is 18.8 Å². The molecular weight excluding hydrogens is 376 g/mol. The van der Waals surface area contributed by atoms with Gasteiger partial charge in [-0.25, -0.2) is 9.78 Å². The molecule has 1 amide bonds. The Labute approximate surface area is 169 Å². The summed E-state index contributed by atoms with van der Waals surface area (Å²) in [5.41, 5.74) is 1.51. The first-order valence-electron chi connectivity index (χ1n) is 9.44. The number of aryl methyl sites for hydroxylation is 1. The molecule has 6 nitrogen and oxygen atoms in total. The topological polar surface area (TPSA) is 68.7 Å². The summed E-state index contributed by atoms with van der Waals surface area (Å²) in [6.07, 6.45) is 1.12. The van der Waals surface area contributed by atoms with E-state index in [2.05, 4.69) is 18.8 Å². The van der Waals surface area contributed by atoms with Crippen LogP contribution >= 0.6 is 11.3 Å². The third-order valence-electron chi connectivity index (χ3n) is 4.87. The monoisotopic (exact) mass is 402 g/mol. The Kier molecular flexibility index (Phi) is 6.34. The maximum Gasteiger partial charge on any atom is 0.350 e. The van der Waals surface area contributed by atoms with Crippen molar-refractivity contribution < 1.29 is 19.1 Å². The molecule has 1 aliphatic heterocycles. The van der Waals surface area contributed by atoms with Gasteiger partial charge in [-0.15, -0.1) is 11.3 Å². The van der Waals surface area contributed by atoms with Crippen LogP contribution < -0.4 is 4.74 Å². The Morgan fingerprint density at radius 1 is 1.18 bits per heavy atom. The van der Waals surface area contributed by atoms with Crippen LogP contribution in [0.15, 0.2) is 24.3 Å². The van der Waals surface area contributed by atoms with Gasteiger partial charge >= 0.3 is 5.97 Å². The molecule has 0 N–H and O–H groups in total. The van der Waals surface area contributed by atoms with Crippen molar-refractivity contribution in [3.63, 3.8) is 0 Å². The third kappa shape index (κ3) is 4.70. The van der Waals surface area contributed by atoms with Crippen molar-refractivity contribution in [2.45, 2.75) is 27.2 Å². The summed E-state index contributed by atoms with van der Waals surface area (Å²) in [5, 5.41) is 0.733. The minimum Gasteiger partial charge on any atom is -0.497 e. The standard InChI is InChI=1S/C21H26N2O4S/c1-13-9-14(2)11-23(10-13)18(24)12-27-21(25)19-15(3)22-20(28-19)16-5-7-17(26-4)8-6-16/h5-8,13-14H,9-12H2,1-4H3/t13-,14-/m0/s1. The molecule has 1 fully saturated rings. The SMILES string of the molecule is COc1ccc(-c2nc(C)c(C(=O)OCC(=O)N3C[C@@H](C)C[C@H](C)C3)s2)cc1. The quantitative estimate of drug-likeness (QED) is 0.712. The van der Waals surface area contributed by atoms with Crippen molar-refractivity contribution in [3.8, 4) is 16.3 Å². The molecular formula is C21H26N2O4S. The average molecular weight is 403 g/mol. The zero-order chi connectivity index (χ0) is 20.3. The van der Waals surface area contributed by atoms with E-state index < -0.39 is 5.97 Å². The van der Waals surface area contributed by atoms with Crippen LogP contribution in [-0.4, -0.2) is 48.6 Å². The van der Waals surface area contributed by atoms with E-state index >= 15 is 0 Å². The second kappa shape index (κ2) is 8.73. The molecule has 150 valence electrons. The maximum absolute atomic E-state index is 12.5. The van der Waals surface area contributed by atoms with Gasteiger partial charge in [-0.1, -0.05) is 13.8 Å². The number of amides is 1. The highest BCUT2D eigenvalue weighted by Gasteiger charge is 2.26.